The van der Waals surface area contributed by atoms with E-state index in [4.69, 9.17) is 16.3 Å². The van der Waals surface area contributed by atoms with Crippen LogP contribution in [0.15, 0.2) is 52.3 Å². The molecule has 1 heterocycles. The van der Waals surface area contributed by atoms with Gasteiger partial charge in [-0.1, -0.05) is 11.6 Å². The summed E-state index contributed by atoms with van der Waals surface area (Å²) in [5.41, 5.74) is -0.668. The number of ether oxygens (including phenoxy) is 1. The molecule has 11 heteroatoms. The van der Waals surface area contributed by atoms with E-state index in [2.05, 4.69) is 10.3 Å². The Morgan fingerprint density at radius 2 is 2.00 bits per heavy atom. The van der Waals surface area contributed by atoms with E-state index in [0.717, 1.165) is 16.4 Å². The molecule has 0 saturated carbocycles. The Morgan fingerprint density at radius 3 is 2.68 bits per heavy atom. The van der Waals surface area contributed by atoms with Crippen molar-refractivity contribution < 1.29 is 22.3 Å². The molecule has 0 radical (unpaired) electrons. The molecule has 1 amide bonds. The van der Waals surface area contributed by atoms with Crippen molar-refractivity contribution in [2.24, 2.45) is 0 Å². The van der Waals surface area contributed by atoms with Gasteiger partial charge in [0.25, 0.3) is 15.9 Å². The van der Waals surface area contributed by atoms with Gasteiger partial charge in [-0.05, 0) is 36.4 Å². The highest BCUT2D eigenvalue weighted by molar-refractivity contribution is 7.92. The van der Waals surface area contributed by atoms with Gasteiger partial charge in [0, 0.05) is 42.8 Å². The summed E-state index contributed by atoms with van der Waals surface area (Å²) in [4.78, 5) is 27.7. The summed E-state index contributed by atoms with van der Waals surface area (Å²) in [6, 6.07) is 7.46. The molecule has 0 saturated heterocycles. The summed E-state index contributed by atoms with van der Waals surface area (Å²) in [5.74, 6) is -1.43. The Balaban J connectivity index is 2.03. The second kappa shape index (κ2) is 9.04. The largest absolute Gasteiger partial charge is 0.383 e. The van der Waals surface area contributed by atoms with E-state index in [-0.39, 0.29) is 39.7 Å². The molecule has 164 valence electrons. The van der Waals surface area contributed by atoms with E-state index in [0.29, 0.717) is 5.52 Å². The van der Waals surface area contributed by atoms with Gasteiger partial charge < -0.3 is 15.0 Å². The van der Waals surface area contributed by atoms with E-state index in [1.165, 1.54) is 44.6 Å². The molecule has 3 rings (SSSR count). The van der Waals surface area contributed by atoms with Crippen molar-refractivity contribution in [2.45, 2.75) is 4.90 Å². The molecule has 0 fully saturated rings. The van der Waals surface area contributed by atoms with E-state index >= 15 is 0 Å². The van der Waals surface area contributed by atoms with Crippen LogP contribution in [-0.4, -0.2) is 46.6 Å². The Kier molecular flexibility index (Phi) is 6.63. The molecular weight excluding hydrogens is 449 g/mol. The second-order valence-electron chi connectivity index (χ2n) is 6.56. The van der Waals surface area contributed by atoms with Crippen molar-refractivity contribution in [3.63, 3.8) is 0 Å². The normalized spacial score (nSPS) is 11.5. The molecule has 0 spiro atoms. The first kappa shape index (κ1) is 22.7. The van der Waals surface area contributed by atoms with Crippen LogP contribution in [-0.2, 0) is 14.8 Å². The zero-order valence-corrected chi connectivity index (χ0v) is 18.2. The topological polar surface area (TPSA) is 109 Å². The highest BCUT2D eigenvalue weighted by Gasteiger charge is 2.25. The number of aromatic amines is 1. The van der Waals surface area contributed by atoms with Crippen LogP contribution in [0.25, 0.3) is 10.9 Å². The number of anilines is 1. The molecule has 0 atom stereocenters. The zero-order chi connectivity index (χ0) is 22.8. The van der Waals surface area contributed by atoms with Gasteiger partial charge in [0.1, 0.15) is 11.4 Å². The van der Waals surface area contributed by atoms with Gasteiger partial charge in [0.15, 0.2) is 0 Å². The quantitative estimate of drug-likeness (QED) is 0.519. The monoisotopic (exact) mass is 467 g/mol. The van der Waals surface area contributed by atoms with E-state index in [1.807, 2.05) is 0 Å². The molecule has 2 aromatic carbocycles. The van der Waals surface area contributed by atoms with Gasteiger partial charge in [0.2, 0.25) is 5.43 Å². The summed E-state index contributed by atoms with van der Waals surface area (Å²) >= 11 is 5.73. The average Bonchev–Trinajstić information content (AvgIpc) is 2.73. The highest BCUT2D eigenvalue weighted by Crippen LogP contribution is 2.27. The molecule has 31 heavy (non-hydrogen) atoms. The lowest BCUT2D eigenvalue weighted by Gasteiger charge is -2.20. The predicted molar refractivity (Wildman–Crippen MR) is 116 cm³/mol. The Morgan fingerprint density at radius 1 is 1.26 bits per heavy atom. The Bertz CT molecular complexity index is 1310. The summed E-state index contributed by atoms with van der Waals surface area (Å²) < 4.78 is 45.9. The number of halogens is 2. The maximum absolute atomic E-state index is 14.2. The number of hydrogen-bond acceptors (Lipinski definition) is 5. The lowest BCUT2D eigenvalue weighted by Crippen LogP contribution is -2.31. The van der Waals surface area contributed by atoms with Crippen molar-refractivity contribution in [2.75, 3.05) is 31.6 Å². The number of hydrogen-bond donors (Lipinski definition) is 2. The smallest absolute Gasteiger partial charge is 0.264 e. The van der Waals surface area contributed by atoms with Gasteiger partial charge in [0.05, 0.1) is 17.2 Å². The fourth-order valence-corrected chi connectivity index (χ4v) is 4.30. The summed E-state index contributed by atoms with van der Waals surface area (Å²) in [7, 11) is -1.54. The molecule has 0 unspecified atom stereocenters. The third-order valence-corrected chi connectivity index (χ3v) is 6.60. The summed E-state index contributed by atoms with van der Waals surface area (Å²) in [5, 5.41) is 2.67. The van der Waals surface area contributed by atoms with Crippen molar-refractivity contribution >= 4 is 44.1 Å². The van der Waals surface area contributed by atoms with Gasteiger partial charge in [-0.15, -0.1) is 0 Å². The fourth-order valence-electron chi connectivity index (χ4n) is 2.91. The number of carbonyl (C=O) groups is 1. The number of pyridine rings is 1. The molecule has 0 aliphatic heterocycles. The van der Waals surface area contributed by atoms with Gasteiger partial charge in [-0.2, -0.15) is 0 Å². The lowest BCUT2D eigenvalue weighted by atomic mass is 10.1. The highest BCUT2D eigenvalue weighted by atomic mass is 35.5. The molecule has 3 aromatic rings. The third kappa shape index (κ3) is 4.55. The van der Waals surface area contributed by atoms with Crippen molar-refractivity contribution in [3.8, 4) is 0 Å². The Labute approximate surface area is 182 Å². The molecule has 2 N–H and O–H groups in total. The van der Waals surface area contributed by atoms with Crippen LogP contribution in [0.5, 0.6) is 0 Å². The number of aromatic nitrogens is 1. The zero-order valence-electron chi connectivity index (χ0n) is 16.6. The maximum atomic E-state index is 14.2. The first-order valence-corrected chi connectivity index (χ1v) is 10.8. The van der Waals surface area contributed by atoms with Crippen molar-refractivity contribution in [1.29, 1.82) is 0 Å². The minimum absolute atomic E-state index is 0.00504. The molecule has 0 aliphatic rings. The number of rotatable bonds is 7. The van der Waals surface area contributed by atoms with E-state index < -0.39 is 27.2 Å². The van der Waals surface area contributed by atoms with E-state index in [9.17, 15) is 22.4 Å². The molecular formula is C20H19ClFN3O5S. The SMILES string of the molecule is COCCNC(=O)c1c[nH]c2ccc(S(=O)(=O)N(C)c3ccc(Cl)cc3F)cc2c1=O. The number of nitrogens with zero attached hydrogens (tertiary/aromatic N) is 1. The van der Waals surface area contributed by atoms with Crippen LogP contribution >= 0.6 is 11.6 Å². The first-order valence-electron chi connectivity index (χ1n) is 9.03. The van der Waals surface area contributed by atoms with Crippen LogP contribution in [0.4, 0.5) is 10.1 Å². The standard InChI is InChI=1S/C20H19ClFN3O5S/c1-25(18-6-3-12(21)9-16(18)22)31(28,29)13-4-5-17-14(10-13)19(26)15(11-24-17)20(27)23-7-8-30-2/h3-6,9-11H,7-8H2,1-2H3,(H,23,27)(H,24,26). The first-order chi connectivity index (χ1) is 14.7. The fraction of sp³-hybridized carbons (Fsp3) is 0.200. The van der Waals surface area contributed by atoms with Crippen LogP contribution in [0.2, 0.25) is 5.02 Å². The molecule has 0 bridgehead atoms. The average molecular weight is 468 g/mol. The van der Waals surface area contributed by atoms with Crippen LogP contribution in [0, 0.1) is 5.82 Å². The van der Waals surface area contributed by atoms with Crippen LogP contribution < -0.4 is 15.1 Å². The number of amides is 1. The minimum Gasteiger partial charge on any atom is -0.383 e. The predicted octanol–water partition coefficient (Wildman–Crippen LogP) is 2.52. The second-order valence-corrected chi connectivity index (χ2v) is 8.96. The summed E-state index contributed by atoms with van der Waals surface area (Å²) in [6.45, 7) is 0.478. The number of nitrogens with one attached hydrogen (secondary N) is 2. The number of methoxy groups -OCH3 is 1. The Hall–Kier alpha value is -2.95. The number of benzene rings is 2. The number of fused-ring (bicyclic) bond motifs is 1. The van der Waals surface area contributed by atoms with Crippen LogP contribution in [0.3, 0.4) is 0 Å². The number of carbonyl (C=O) groups excluding carboxylic acids is 1. The molecule has 0 aliphatic carbocycles. The van der Waals surface area contributed by atoms with Gasteiger partial charge in [-0.3, -0.25) is 13.9 Å². The third-order valence-electron chi connectivity index (χ3n) is 4.60. The van der Waals surface area contributed by atoms with Gasteiger partial charge >= 0.3 is 0 Å². The summed E-state index contributed by atoms with van der Waals surface area (Å²) in [6.07, 6.45) is 1.26. The maximum Gasteiger partial charge on any atom is 0.264 e. The van der Waals surface area contributed by atoms with Crippen molar-refractivity contribution in [1.82, 2.24) is 10.3 Å². The van der Waals surface area contributed by atoms with Crippen molar-refractivity contribution in [3.05, 3.63) is 69.2 Å². The van der Waals surface area contributed by atoms with E-state index in [1.54, 1.807) is 0 Å². The van der Waals surface area contributed by atoms with Gasteiger partial charge in [-0.25, -0.2) is 12.8 Å². The molecule has 1 aromatic heterocycles. The number of H-pyrrole nitrogens is 1. The van der Waals surface area contributed by atoms with Crippen LogP contribution in [0.1, 0.15) is 10.4 Å². The molecule has 8 nitrogen and oxygen atoms in total. The number of sulfonamides is 1. The lowest BCUT2D eigenvalue weighted by molar-refractivity contribution is 0.0936. The minimum atomic E-state index is -4.21.